The fourth-order valence-corrected chi connectivity index (χ4v) is 1.64. The van der Waals surface area contributed by atoms with E-state index >= 15 is 0 Å². The third-order valence-electron chi connectivity index (χ3n) is 2.40. The van der Waals surface area contributed by atoms with Gasteiger partial charge in [-0.25, -0.2) is 0 Å². The molecule has 3 heteroatoms. The first-order valence-electron chi connectivity index (χ1n) is 4.44. The summed E-state index contributed by atoms with van der Waals surface area (Å²) in [5.74, 6) is -0.0538. The largest absolute Gasteiger partial charge is 0.381 e. The van der Waals surface area contributed by atoms with Crippen molar-refractivity contribution in [3.8, 4) is 0 Å². The minimum atomic E-state index is -1.19. The van der Waals surface area contributed by atoms with Crippen molar-refractivity contribution < 1.29 is 14.6 Å². The Bertz CT molecular complexity index is 167. The molecule has 1 fully saturated rings. The zero-order valence-corrected chi connectivity index (χ0v) is 7.51. The third-order valence-corrected chi connectivity index (χ3v) is 2.40. The second-order valence-electron chi connectivity index (χ2n) is 3.45. The van der Waals surface area contributed by atoms with E-state index in [1.165, 1.54) is 7.11 Å². The van der Waals surface area contributed by atoms with Crippen molar-refractivity contribution in [1.29, 1.82) is 0 Å². The Labute approximate surface area is 72.7 Å². The van der Waals surface area contributed by atoms with E-state index in [9.17, 15) is 9.90 Å². The Morgan fingerprint density at radius 3 is 2.92 bits per heavy atom. The van der Waals surface area contributed by atoms with Crippen LogP contribution in [-0.4, -0.2) is 30.2 Å². The zero-order chi connectivity index (χ0) is 9.03. The lowest BCUT2D eigenvalue weighted by molar-refractivity contribution is -0.143. The molecule has 0 spiro atoms. The lowest BCUT2D eigenvalue weighted by atomic mass is 9.94. The summed E-state index contributed by atoms with van der Waals surface area (Å²) in [7, 11) is 1.51. The van der Waals surface area contributed by atoms with E-state index in [0.29, 0.717) is 12.8 Å². The van der Waals surface area contributed by atoms with E-state index in [0.717, 1.165) is 19.3 Å². The van der Waals surface area contributed by atoms with Crippen LogP contribution in [0.15, 0.2) is 0 Å². The highest BCUT2D eigenvalue weighted by Crippen LogP contribution is 2.24. The van der Waals surface area contributed by atoms with E-state index in [1.807, 2.05) is 0 Å². The zero-order valence-electron chi connectivity index (χ0n) is 7.51. The van der Waals surface area contributed by atoms with Crippen LogP contribution in [0.2, 0.25) is 0 Å². The normalized spacial score (nSPS) is 31.7. The first-order chi connectivity index (χ1) is 5.69. The Kier molecular flexibility index (Phi) is 3.23. The SMILES string of the molecule is COCC1(O)CCCCCC1=O. The van der Waals surface area contributed by atoms with Crippen molar-refractivity contribution in [1.82, 2.24) is 0 Å². The van der Waals surface area contributed by atoms with E-state index in [1.54, 1.807) is 0 Å². The number of hydrogen-bond donors (Lipinski definition) is 1. The van der Waals surface area contributed by atoms with Crippen LogP contribution < -0.4 is 0 Å². The van der Waals surface area contributed by atoms with Crippen molar-refractivity contribution in [3.63, 3.8) is 0 Å². The Morgan fingerprint density at radius 1 is 1.50 bits per heavy atom. The highest BCUT2D eigenvalue weighted by atomic mass is 16.5. The fraction of sp³-hybridized carbons (Fsp3) is 0.889. The van der Waals surface area contributed by atoms with Gasteiger partial charge in [0, 0.05) is 13.5 Å². The number of aliphatic hydroxyl groups is 1. The number of hydrogen-bond acceptors (Lipinski definition) is 3. The maximum Gasteiger partial charge on any atom is 0.166 e. The van der Waals surface area contributed by atoms with Crippen LogP contribution in [0.25, 0.3) is 0 Å². The molecule has 0 aliphatic heterocycles. The molecular weight excluding hydrogens is 156 g/mol. The Hall–Kier alpha value is -0.410. The lowest BCUT2D eigenvalue weighted by Gasteiger charge is -2.23. The van der Waals surface area contributed by atoms with Gasteiger partial charge < -0.3 is 9.84 Å². The number of ether oxygens (including phenoxy) is 1. The fourth-order valence-electron chi connectivity index (χ4n) is 1.64. The van der Waals surface area contributed by atoms with Gasteiger partial charge in [-0.15, -0.1) is 0 Å². The molecule has 3 nitrogen and oxygen atoms in total. The van der Waals surface area contributed by atoms with Crippen molar-refractivity contribution in [2.75, 3.05) is 13.7 Å². The second kappa shape index (κ2) is 4.01. The monoisotopic (exact) mass is 172 g/mol. The summed E-state index contributed by atoms with van der Waals surface area (Å²) < 4.78 is 4.84. The average molecular weight is 172 g/mol. The summed E-state index contributed by atoms with van der Waals surface area (Å²) in [6, 6.07) is 0. The van der Waals surface area contributed by atoms with Crippen LogP contribution >= 0.6 is 0 Å². The molecule has 1 saturated carbocycles. The van der Waals surface area contributed by atoms with Crippen molar-refractivity contribution in [3.05, 3.63) is 0 Å². The average Bonchev–Trinajstić information content (AvgIpc) is 2.17. The van der Waals surface area contributed by atoms with E-state index in [-0.39, 0.29) is 12.4 Å². The van der Waals surface area contributed by atoms with Crippen LogP contribution in [0.5, 0.6) is 0 Å². The maximum absolute atomic E-state index is 11.4. The number of methoxy groups -OCH3 is 1. The molecule has 0 aromatic rings. The van der Waals surface area contributed by atoms with Gasteiger partial charge in [0.05, 0.1) is 6.61 Å². The summed E-state index contributed by atoms with van der Waals surface area (Å²) in [4.78, 5) is 11.4. The highest BCUT2D eigenvalue weighted by molar-refractivity contribution is 5.87. The van der Waals surface area contributed by atoms with Crippen molar-refractivity contribution in [2.24, 2.45) is 0 Å². The summed E-state index contributed by atoms with van der Waals surface area (Å²) in [6.07, 6.45) is 3.92. The van der Waals surface area contributed by atoms with Crippen LogP contribution in [0.1, 0.15) is 32.1 Å². The van der Waals surface area contributed by atoms with Crippen LogP contribution in [0.3, 0.4) is 0 Å². The van der Waals surface area contributed by atoms with Crippen molar-refractivity contribution >= 4 is 5.78 Å². The molecule has 0 amide bonds. The van der Waals surface area contributed by atoms with Crippen LogP contribution in [0.4, 0.5) is 0 Å². The molecule has 1 aliphatic carbocycles. The topological polar surface area (TPSA) is 46.5 Å². The van der Waals surface area contributed by atoms with Crippen LogP contribution in [-0.2, 0) is 9.53 Å². The number of Topliss-reactive ketones (excluding diaryl/α,β-unsaturated/α-hetero) is 1. The molecule has 1 unspecified atom stereocenters. The van der Waals surface area contributed by atoms with Gasteiger partial charge in [0.2, 0.25) is 0 Å². The molecule has 70 valence electrons. The number of ketones is 1. The minimum Gasteiger partial charge on any atom is -0.381 e. The highest BCUT2D eigenvalue weighted by Gasteiger charge is 2.35. The van der Waals surface area contributed by atoms with Gasteiger partial charge in [0.1, 0.15) is 5.60 Å². The van der Waals surface area contributed by atoms with Gasteiger partial charge in [-0.3, -0.25) is 4.79 Å². The molecule has 0 saturated heterocycles. The maximum atomic E-state index is 11.4. The van der Waals surface area contributed by atoms with Gasteiger partial charge in [0.25, 0.3) is 0 Å². The molecule has 0 aromatic carbocycles. The standard InChI is InChI=1S/C9H16O3/c1-12-7-9(11)6-4-2-3-5-8(9)10/h11H,2-7H2,1H3. The van der Waals surface area contributed by atoms with E-state index in [4.69, 9.17) is 4.74 Å². The summed E-state index contributed by atoms with van der Waals surface area (Å²) >= 11 is 0. The molecule has 0 bridgehead atoms. The Morgan fingerprint density at radius 2 is 2.25 bits per heavy atom. The smallest absolute Gasteiger partial charge is 0.166 e. The second-order valence-corrected chi connectivity index (χ2v) is 3.45. The van der Waals surface area contributed by atoms with E-state index in [2.05, 4.69) is 0 Å². The van der Waals surface area contributed by atoms with Gasteiger partial charge in [-0.1, -0.05) is 12.8 Å². The molecule has 1 rings (SSSR count). The molecule has 0 aromatic heterocycles. The van der Waals surface area contributed by atoms with Gasteiger partial charge in [-0.2, -0.15) is 0 Å². The third kappa shape index (κ3) is 2.05. The lowest BCUT2D eigenvalue weighted by Crippen LogP contribution is -2.42. The predicted molar refractivity (Wildman–Crippen MR) is 44.9 cm³/mol. The predicted octanol–water partition coefficient (Wildman–Crippen LogP) is 0.897. The first kappa shape index (κ1) is 9.68. The molecule has 1 aliphatic rings. The molecule has 1 atom stereocenters. The molecule has 1 N–H and O–H groups in total. The molecule has 0 heterocycles. The first-order valence-corrected chi connectivity index (χ1v) is 4.44. The summed E-state index contributed by atoms with van der Waals surface area (Å²) in [6.45, 7) is 0.145. The summed E-state index contributed by atoms with van der Waals surface area (Å²) in [5, 5.41) is 9.85. The quantitative estimate of drug-likeness (QED) is 0.629. The molecular formula is C9H16O3. The van der Waals surface area contributed by atoms with Gasteiger partial charge in [0.15, 0.2) is 5.78 Å². The molecule has 12 heavy (non-hydrogen) atoms. The molecule has 0 radical (unpaired) electrons. The van der Waals surface area contributed by atoms with Crippen molar-refractivity contribution in [2.45, 2.75) is 37.7 Å². The Balaban J connectivity index is 2.62. The minimum absolute atomic E-state index is 0.0538. The van der Waals surface area contributed by atoms with Crippen LogP contribution in [0, 0.1) is 0 Å². The van der Waals surface area contributed by atoms with E-state index < -0.39 is 5.60 Å². The number of rotatable bonds is 2. The number of carbonyl (C=O) groups is 1. The van der Waals surface area contributed by atoms with Gasteiger partial charge >= 0.3 is 0 Å². The summed E-state index contributed by atoms with van der Waals surface area (Å²) in [5.41, 5.74) is -1.19. The number of carbonyl (C=O) groups excluding carboxylic acids is 1. The van der Waals surface area contributed by atoms with Gasteiger partial charge in [-0.05, 0) is 12.8 Å².